The average Bonchev–Trinajstić information content (AvgIpc) is 2.19. The van der Waals surface area contributed by atoms with Gasteiger partial charge in [0, 0.05) is 18.0 Å². The molecule has 0 spiro atoms. The molecule has 0 bridgehead atoms. The molecular formula is C11H19N3O. The second kappa shape index (κ2) is 4.98. The van der Waals surface area contributed by atoms with Gasteiger partial charge in [0.05, 0.1) is 12.6 Å². The number of pyridine rings is 1. The molecule has 4 N–H and O–H groups in total. The summed E-state index contributed by atoms with van der Waals surface area (Å²) < 4.78 is 0. The summed E-state index contributed by atoms with van der Waals surface area (Å²) in [5.41, 5.74) is 7.45. The van der Waals surface area contributed by atoms with Crippen LogP contribution in [-0.2, 0) is 0 Å². The van der Waals surface area contributed by atoms with Gasteiger partial charge in [-0.25, -0.2) is 4.98 Å². The number of nitrogens with one attached hydrogen (secondary N) is 1. The van der Waals surface area contributed by atoms with E-state index in [0.717, 1.165) is 5.56 Å². The monoisotopic (exact) mass is 209 g/mol. The Morgan fingerprint density at radius 2 is 2.20 bits per heavy atom. The third-order valence-electron chi connectivity index (χ3n) is 2.48. The summed E-state index contributed by atoms with van der Waals surface area (Å²) in [5.74, 6) is 1.06. The number of hydrogen-bond acceptors (Lipinski definition) is 4. The molecule has 0 aromatic carbocycles. The first-order valence-corrected chi connectivity index (χ1v) is 5.14. The number of anilines is 2. The highest BCUT2D eigenvalue weighted by molar-refractivity contribution is 5.53. The van der Waals surface area contributed by atoms with Crippen molar-refractivity contribution in [3.8, 4) is 0 Å². The molecule has 0 aliphatic rings. The van der Waals surface area contributed by atoms with E-state index in [9.17, 15) is 0 Å². The summed E-state index contributed by atoms with van der Waals surface area (Å²) in [6, 6.07) is 1.81. The number of aliphatic hydroxyl groups excluding tert-OH is 1. The molecule has 4 heteroatoms. The summed E-state index contributed by atoms with van der Waals surface area (Å²) in [6.45, 7) is 6.10. The van der Waals surface area contributed by atoms with Crippen molar-refractivity contribution < 1.29 is 5.11 Å². The van der Waals surface area contributed by atoms with Crippen LogP contribution in [0.15, 0.2) is 12.3 Å². The Hall–Kier alpha value is -1.29. The van der Waals surface area contributed by atoms with Crippen LogP contribution in [0.3, 0.4) is 0 Å². The topological polar surface area (TPSA) is 71.2 Å². The molecule has 1 aromatic heterocycles. The second-order valence-corrected chi connectivity index (χ2v) is 4.10. The van der Waals surface area contributed by atoms with Crippen molar-refractivity contribution in [2.75, 3.05) is 17.7 Å². The number of rotatable bonds is 4. The van der Waals surface area contributed by atoms with Gasteiger partial charge in [-0.3, -0.25) is 0 Å². The van der Waals surface area contributed by atoms with Gasteiger partial charge < -0.3 is 16.2 Å². The van der Waals surface area contributed by atoms with Crippen molar-refractivity contribution in [2.45, 2.75) is 26.8 Å². The molecule has 0 saturated carbocycles. The van der Waals surface area contributed by atoms with E-state index in [2.05, 4.69) is 10.3 Å². The summed E-state index contributed by atoms with van der Waals surface area (Å²) in [6.07, 6.45) is 1.73. The van der Waals surface area contributed by atoms with E-state index in [4.69, 9.17) is 10.8 Å². The lowest BCUT2D eigenvalue weighted by molar-refractivity contribution is 0.249. The first-order valence-electron chi connectivity index (χ1n) is 5.14. The number of hydrogen-bond donors (Lipinski definition) is 3. The molecule has 0 amide bonds. The van der Waals surface area contributed by atoms with Crippen LogP contribution in [0.2, 0.25) is 0 Å². The Kier molecular flexibility index (Phi) is 3.91. The number of aliphatic hydroxyl groups is 1. The molecule has 0 aliphatic heterocycles. The maximum Gasteiger partial charge on any atom is 0.128 e. The minimum absolute atomic E-state index is 0.0135. The van der Waals surface area contributed by atoms with Gasteiger partial charge in [0.15, 0.2) is 0 Å². The van der Waals surface area contributed by atoms with E-state index >= 15 is 0 Å². The molecular weight excluding hydrogens is 190 g/mol. The van der Waals surface area contributed by atoms with Crippen molar-refractivity contribution in [2.24, 2.45) is 5.92 Å². The molecule has 1 aromatic rings. The van der Waals surface area contributed by atoms with Gasteiger partial charge in [-0.05, 0) is 18.4 Å². The van der Waals surface area contributed by atoms with Gasteiger partial charge in [0.2, 0.25) is 0 Å². The first kappa shape index (κ1) is 11.8. The number of nitrogens with zero attached hydrogens (tertiary/aromatic N) is 1. The highest BCUT2D eigenvalue weighted by atomic mass is 16.3. The lowest BCUT2D eigenvalue weighted by Crippen LogP contribution is -2.29. The molecule has 1 unspecified atom stereocenters. The van der Waals surface area contributed by atoms with Gasteiger partial charge in [-0.15, -0.1) is 0 Å². The van der Waals surface area contributed by atoms with Crippen LogP contribution in [0.1, 0.15) is 19.4 Å². The zero-order valence-corrected chi connectivity index (χ0v) is 9.49. The molecule has 1 heterocycles. The van der Waals surface area contributed by atoms with Crippen molar-refractivity contribution in [1.82, 2.24) is 4.98 Å². The van der Waals surface area contributed by atoms with Crippen molar-refractivity contribution in [3.63, 3.8) is 0 Å². The van der Waals surface area contributed by atoms with Gasteiger partial charge >= 0.3 is 0 Å². The van der Waals surface area contributed by atoms with Crippen LogP contribution < -0.4 is 11.1 Å². The summed E-state index contributed by atoms with van der Waals surface area (Å²) in [4.78, 5) is 4.21. The zero-order valence-electron chi connectivity index (χ0n) is 9.49. The van der Waals surface area contributed by atoms with E-state index in [-0.39, 0.29) is 12.6 Å². The highest BCUT2D eigenvalue weighted by Gasteiger charge is 2.12. The minimum atomic E-state index is 0.0135. The fourth-order valence-electron chi connectivity index (χ4n) is 1.23. The van der Waals surface area contributed by atoms with Crippen molar-refractivity contribution in [3.05, 3.63) is 17.8 Å². The van der Waals surface area contributed by atoms with Crippen LogP contribution >= 0.6 is 0 Å². The Morgan fingerprint density at radius 1 is 1.53 bits per heavy atom. The maximum atomic E-state index is 9.16. The van der Waals surface area contributed by atoms with Crippen LogP contribution in [0.5, 0.6) is 0 Å². The fourth-order valence-corrected chi connectivity index (χ4v) is 1.23. The highest BCUT2D eigenvalue weighted by Crippen LogP contribution is 2.16. The lowest BCUT2D eigenvalue weighted by atomic mass is 10.1. The van der Waals surface area contributed by atoms with Gasteiger partial charge in [0.25, 0.3) is 0 Å². The number of aromatic nitrogens is 1. The summed E-state index contributed by atoms with van der Waals surface area (Å²) in [7, 11) is 0. The van der Waals surface area contributed by atoms with Crippen molar-refractivity contribution >= 4 is 11.5 Å². The molecule has 0 saturated heterocycles. The normalized spacial score (nSPS) is 12.9. The predicted molar refractivity (Wildman–Crippen MR) is 62.7 cm³/mol. The van der Waals surface area contributed by atoms with E-state index in [1.807, 2.05) is 20.8 Å². The van der Waals surface area contributed by atoms with Crippen molar-refractivity contribution in [1.29, 1.82) is 0 Å². The number of nitrogens with two attached hydrogens (primary N) is 1. The Balaban J connectivity index is 2.75. The Morgan fingerprint density at radius 3 is 2.67 bits per heavy atom. The number of aryl methyl sites for hydroxylation is 1. The van der Waals surface area contributed by atoms with E-state index < -0.39 is 0 Å². The maximum absolute atomic E-state index is 9.16. The van der Waals surface area contributed by atoms with E-state index in [1.54, 1.807) is 12.3 Å². The fraction of sp³-hybridized carbons (Fsp3) is 0.545. The van der Waals surface area contributed by atoms with E-state index in [1.165, 1.54) is 0 Å². The van der Waals surface area contributed by atoms with Crippen LogP contribution in [0.4, 0.5) is 11.5 Å². The smallest absolute Gasteiger partial charge is 0.128 e. The standard InChI is InChI=1S/C11H19N3O/c1-7(2)10(6-15)14-11-4-9(12)8(3)5-13-11/h4-5,7,10,15H,6H2,1-3H3,(H3,12,13,14). The molecule has 4 nitrogen and oxygen atoms in total. The summed E-state index contributed by atoms with van der Waals surface area (Å²) >= 11 is 0. The quantitative estimate of drug-likeness (QED) is 0.701. The second-order valence-electron chi connectivity index (χ2n) is 4.10. The summed E-state index contributed by atoms with van der Waals surface area (Å²) in [5, 5.41) is 12.3. The average molecular weight is 209 g/mol. The SMILES string of the molecule is Cc1cnc(NC(CO)C(C)C)cc1N. The van der Waals surface area contributed by atoms with E-state index in [0.29, 0.717) is 17.4 Å². The molecule has 0 aliphatic carbocycles. The molecule has 15 heavy (non-hydrogen) atoms. The van der Waals surface area contributed by atoms with Crippen LogP contribution in [0.25, 0.3) is 0 Å². The molecule has 84 valence electrons. The molecule has 1 rings (SSSR count). The predicted octanol–water partition coefficient (Wildman–Crippen LogP) is 1.40. The van der Waals surface area contributed by atoms with Crippen LogP contribution in [0, 0.1) is 12.8 Å². The van der Waals surface area contributed by atoms with Gasteiger partial charge in [0.1, 0.15) is 5.82 Å². The molecule has 1 atom stereocenters. The minimum Gasteiger partial charge on any atom is -0.398 e. The Labute approximate surface area is 90.5 Å². The van der Waals surface area contributed by atoms with Gasteiger partial charge in [-0.1, -0.05) is 13.8 Å². The largest absolute Gasteiger partial charge is 0.398 e. The first-order chi connectivity index (χ1) is 7.04. The van der Waals surface area contributed by atoms with Gasteiger partial charge in [-0.2, -0.15) is 0 Å². The lowest BCUT2D eigenvalue weighted by Gasteiger charge is -2.20. The molecule has 0 fully saturated rings. The third-order valence-corrected chi connectivity index (χ3v) is 2.48. The molecule has 0 radical (unpaired) electrons. The van der Waals surface area contributed by atoms with Crippen LogP contribution in [-0.4, -0.2) is 22.7 Å². The number of nitrogen functional groups attached to an aromatic ring is 1. The Bertz CT molecular complexity index is 326. The third kappa shape index (κ3) is 3.09. The zero-order chi connectivity index (χ0) is 11.4.